The maximum Gasteiger partial charge on any atom is 0.338 e. The lowest BCUT2D eigenvalue weighted by atomic mass is 9.91. The van der Waals surface area contributed by atoms with Crippen LogP contribution in [0.5, 0.6) is 0 Å². The number of benzene rings is 3. The molecule has 0 aliphatic carbocycles. The summed E-state index contributed by atoms with van der Waals surface area (Å²) in [5.74, 6) is -0.392. The summed E-state index contributed by atoms with van der Waals surface area (Å²) in [7, 11) is 0. The van der Waals surface area contributed by atoms with Gasteiger partial charge in [0.15, 0.2) is 5.17 Å². The first-order valence-corrected chi connectivity index (χ1v) is 12.4. The zero-order chi connectivity index (χ0) is 23.7. The van der Waals surface area contributed by atoms with Gasteiger partial charge in [0.1, 0.15) is 0 Å². The van der Waals surface area contributed by atoms with Crippen LogP contribution in [-0.2, 0) is 9.53 Å². The van der Waals surface area contributed by atoms with Gasteiger partial charge in [-0.1, -0.05) is 89.6 Å². The van der Waals surface area contributed by atoms with Crippen LogP contribution in [0.2, 0.25) is 10.0 Å². The molecule has 1 atom stereocenters. The van der Waals surface area contributed by atoms with E-state index in [-0.39, 0.29) is 6.61 Å². The maximum absolute atomic E-state index is 13.5. The van der Waals surface area contributed by atoms with Crippen LogP contribution in [0.15, 0.2) is 94.8 Å². The van der Waals surface area contributed by atoms with Crippen molar-refractivity contribution in [1.29, 1.82) is 0 Å². The standard InChI is InChI=1S/C27H20Cl2N2O2S/c1-2-33-26(32)23-24(18-6-4-3-5-7-18)30-27-31(25(23)19-10-14-21(29)15-11-19)22(16-34-27)17-8-12-20(28)13-9-17/h3-16,25H,2H2,1H3. The van der Waals surface area contributed by atoms with Crippen molar-refractivity contribution < 1.29 is 9.53 Å². The lowest BCUT2D eigenvalue weighted by Crippen LogP contribution is -2.36. The van der Waals surface area contributed by atoms with Gasteiger partial charge in [-0.15, -0.1) is 0 Å². The molecule has 1 unspecified atom stereocenters. The Kier molecular flexibility index (Phi) is 6.50. The number of thioether (sulfide) groups is 1. The Morgan fingerprint density at radius 2 is 1.59 bits per heavy atom. The molecule has 170 valence electrons. The Morgan fingerprint density at radius 1 is 0.941 bits per heavy atom. The summed E-state index contributed by atoms with van der Waals surface area (Å²) < 4.78 is 5.55. The number of aliphatic imine (C=N–C) groups is 1. The molecule has 0 fully saturated rings. The minimum atomic E-state index is -0.448. The van der Waals surface area contributed by atoms with E-state index >= 15 is 0 Å². The second-order valence-electron chi connectivity index (χ2n) is 7.70. The lowest BCUT2D eigenvalue weighted by Gasteiger charge is -2.37. The van der Waals surface area contributed by atoms with Gasteiger partial charge in [-0.05, 0) is 42.3 Å². The van der Waals surface area contributed by atoms with E-state index in [0.717, 1.165) is 27.6 Å². The van der Waals surface area contributed by atoms with E-state index in [1.165, 1.54) is 11.8 Å². The molecule has 0 spiro atoms. The molecular formula is C27H20Cl2N2O2S. The number of carbonyl (C=O) groups is 1. The molecule has 7 heteroatoms. The van der Waals surface area contributed by atoms with Gasteiger partial charge >= 0.3 is 5.97 Å². The van der Waals surface area contributed by atoms with Gasteiger partial charge in [-0.25, -0.2) is 9.79 Å². The number of amidine groups is 1. The molecule has 0 N–H and O–H groups in total. The number of esters is 1. The van der Waals surface area contributed by atoms with Gasteiger partial charge in [-0.3, -0.25) is 0 Å². The van der Waals surface area contributed by atoms with E-state index in [1.807, 2.05) is 78.9 Å². The average molecular weight is 507 g/mol. The van der Waals surface area contributed by atoms with Gasteiger partial charge in [0.2, 0.25) is 0 Å². The molecule has 2 heterocycles. The maximum atomic E-state index is 13.5. The molecule has 0 bridgehead atoms. The third-order valence-electron chi connectivity index (χ3n) is 5.60. The van der Waals surface area contributed by atoms with Crippen molar-refractivity contribution in [2.24, 2.45) is 4.99 Å². The number of fused-ring (bicyclic) bond motifs is 1. The van der Waals surface area contributed by atoms with Crippen molar-refractivity contribution in [2.75, 3.05) is 6.61 Å². The molecule has 2 aliphatic heterocycles. The predicted octanol–water partition coefficient (Wildman–Crippen LogP) is 7.43. The number of carbonyl (C=O) groups excluding carboxylic acids is 1. The molecular weight excluding hydrogens is 487 g/mol. The van der Waals surface area contributed by atoms with Crippen molar-refractivity contribution in [3.8, 4) is 0 Å². The van der Waals surface area contributed by atoms with E-state index in [0.29, 0.717) is 21.3 Å². The first-order valence-electron chi connectivity index (χ1n) is 10.8. The first-order chi connectivity index (χ1) is 16.6. The van der Waals surface area contributed by atoms with Crippen LogP contribution in [-0.4, -0.2) is 22.6 Å². The Morgan fingerprint density at radius 3 is 2.24 bits per heavy atom. The molecule has 0 aromatic heterocycles. The van der Waals surface area contributed by atoms with Crippen molar-refractivity contribution in [1.82, 2.24) is 4.90 Å². The van der Waals surface area contributed by atoms with Crippen LogP contribution < -0.4 is 0 Å². The summed E-state index contributed by atoms with van der Waals surface area (Å²) in [5.41, 5.74) is 4.79. The highest BCUT2D eigenvalue weighted by Crippen LogP contribution is 2.48. The highest BCUT2D eigenvalue weighted by Gasteiger charge is 2.42. The largest absolute Gasteiger partial charge is 0.463 e. The topological polar surface area (TPSA) is 41.9 Å². The normalized spacial score (nSPS) is 17.3. The number of halogens is 2. The van der Waals surface area contributed by atoms with E-state index in [9.17, 15) is 4.79 Å². The number of hydrogen-bond donors (Lipinski definition) is 0. The Bertz CT molecular complexity index is 1320. The van der Waals surface area contributed by atoms with Crippen LogP contribution in [0, 0.1) is 0 Å². The molecule has 0 saturated heterocycles. The highest BCUT2D eigenvalue weighted by molar-refractivity contribution is 8.16. The molecule has 2 aliphatic rings. The second kappa shape index (κ2) is 9.71. The fourth-order valence-corrected chi connectivity index (χ4v) is 5.27. The molecule has 4 nitrogen and oxygen atoms in total. The first kappa shape index (κ1) is 22.8. The fourth-order valence-electron chi connectivity index (χ4n) is 4.09. The number of nitrogens with zero attached hydrogens (tertiary/aromatic N) is 2. The molecule has 0 saturated carbocycles. The quantitative estimate of drug-likeness (QED) is 0.337. The molecule has 3 aromatic rings. The summed E-state index contributed by atoms with van der Waals surface area (Å²) in [6.45, 7) is 2.07. The van der Waals surface area contributed by atoms with Gasteiger partial charge in [0, 0.05) is 21.0 Å². The zero-order valence-electron chi connectivity index (χ0n) is 18.2. The average Bonchev–Trinajstić information content (AvgIpc) is 3.28. The van der Waals surface area contributed by atoms with Gasteiger partial charge in [0.05, 0.1) is 29.6 Å². The van der Waals surface area contributed by atoms with Crippen LogP contribution >= 0.6 is 35.0 Å². The SMILES string of the molecule is CCOC(=O)C1=C(c2ccccc2)N=C2SC=C(c3ccc(Cl)cc3)N2C1c1ccc(Cl)cc1. The molecule has 5 rings (SSSR count). The van der Waals surface area contributed by atoms with Crippen molar-refractivity contribution in [2.45, 2.75) is 13.0 Å². The van der Waals surface area contributed by atoms with Crippen LogP contribution in [0.4, 0.5) is 0 Å². The summed E-state index contributed by atoms with van der Waals surface area (Å²) >= 11 is 13.9. The number of hydrogen-bond acceptors (Lipinski definition) is 5. The number of ether oxygens (including phenoxy) is 1. The minimum absolute atomic E-state index is 0.267. The van der Waals surface area contributed by atoms with E-state index < -0.39 is 12.0 Å². The van der Waals surface area contributed by atoms with Crippen LogP contribution in [0.1, 0.15) is 29.7 Å². The van der Waals surface area contributed by atoms with E-state index in [4.69, 9.17) is 32.9 Å². The molecule has 0 amide bonds. The Labute approximate surface area is 212 Å². The van der Waals surface area contributed by atoms with Crippen molar-refractivity contribution >= 4 is 57.5 Å². The Hall–Kier alpha value is -2.99. The summed E-state index contributed by atoms with van der Waals surface area (Å²) in [6.07, 6.45) is 0. The Balaban J connectivity index is 1.73. The minimum Gasteiger partial charge on any atom is -0.463 e. The summed E-state index contributed by atoms with van der Waals surface area (Å²) in [4.78, 5) is 20.5. The molecule has 0 radical (unpaired) electrons. The number of rotatable bonds is 5. The predicted molar refractivity (Wildman–Crippen MR) is 140 cm³/mol. The third-order valence-corrected chi connectivity index (χ3v) is 6.95. The molecule has 34 heavy (non-hydrogen) atoms. The highest BCUT2D eigenvalue weighted by atomic mass is 35.5. The monoisotopic (exact) mass is 506 g/mol. The third kappa shape index (κ3) is 4.27. The van der Waals surface area contributed by atoms with Crippen molar-refractivity contribution in [3.63, 3.8) is 0 Å². The summed E-state index contributed by atoms with van der Waals surface area (Å²) in [5, 5.41) is 4.14. The van der Waals surface area contributed by atoms with E-state index in [1.54, 1.807) is 6.92 Å². The zero-order valence-corrected chi connectivity index (χ0v) is 20.6. The van der Waals surface area contributed by atoms with Gasteiger partial charge in [0.25, 0.3) is 0 Å². The smallest absolute Gasteiger partial charge is 0.338 e. The molecule has 3 aromatic carbocycles. The van der Waals surface area contributed by atoms with Gasteiger partial charge in [-0.2, -0.15) is 0 Å². The second-order valence-corrected chi connectivity index (χ2v) is 9.40. The summed E-state index contributed by atoms with van der Waals surface area (Å²) in [6, 6.07) is 24.5. The van der Waals surface area contributed by atoms with Crippen molar-refractivity contribution in [3.05, 3.63) is 117 Å². The lowest BCUT2D eigenvalue weighted by molar-refractivity contribution is -0.139. The van der Waals surface area contributed by atoms with Crippen LogP contribution in [0.25, 0.3) is 11.4 Å². The van der Waals surface area contributed by atoms with Gasteiger partial charge < -0.3 is 9.64 Å². The fraction of sp³-hybridized carbons (Fsp3) is 0.111. The van der Waals surface area contributed by atoms with E-state index in [2.05, 4.69) is 10.3 Å². The van der Waals surface area contributed by atoms with Crippen LogP contribution in [0.3, 0.4) is 0 Å².